The van der Waals surface area contributed by atoms with Crippen LogP contribution in [-0.4, -0.2) is 15.0 Å². The van der Waals surface area contributed by atoms with Crippen molar-refractivity contribution in [2.45, 2.75) is 51.2 Å². The summed E-state index contributed by atoms with van der Waals surface area (Å²) in [4.78, 5) is 11.9. The van der Waals surface area contributed by atoms with E-state index in [9.17, 15) is 9.90 Å². The molecule has 1 unspecified atom stereocenters. The van der Waals surface area contributed by atoms with Gasteiger partial charge in [-0.05, 0) is 47.9 Å². The van der Waals surface area contributed by atoms with Gasteiger partial charge in [-0.25, -0.2) is 0 Å². The van der Waals surface area contributed by atoms with E-state index in [1.807, 2.05) is 6.92 Å². The van der Waals surface area contributed by atoms with E-state index < -0.39 is 4.75 Å². The molecule has 0 aromatic heterocycles. The van der Waals surface area contributed by atoms with Gasteiger partial charge in [-0.15, -0.1) is 0 Å². The molecular formula is C23H26O2S. The fourth-order valence-electron chi connectivity index (χ4n) is 3.31. The van der Waals surface area contributed by atoms with E-state index >= 15 is 0 Å². The quantitative estimate of drug-likeness (QED) is 0.717. The van der Waals surface area contributed by atoms with Crippen molar-refractivity contribution in [1.82, 2.24) is 0 Å². The average molecular weight is 367 g/mol. The molecule has 1 atom stereocenters. The van der Waals surface area contributed by atoms with Crippen LogP contribution in [-0.2, 0) is 16.6 Å². The third-order valence-electron chi connectivity index (χ3n) is 5.06. The SMILES string of the molecule is CC1=C(O)C(C)(Cc2ccc(-c3ccc(C(C)(C)C)cc3)cc2)SC1=O. The van der Waals surface area contributed by atoms with Gasteiger partial charge in [0.1, 0.15) is 5.76 Å². The van der Waals surface area contributed by atoms with E-state index in [1.54, 1.807) is 6.92 Å². The molecule has 2 nitrogen and oxygen atoms in total. The second kappa shape index (κ2) is 6.62. The molecule has 2 aromatic rings. The van der Waals surface area contributed by atoms with Crippen LogP contribution in [0.25, 0.3) is 11.1 Å². The first-order chi connectivity index (χ1) is 12.1. The van der Waals surface area contributed by atoms with Crippen LogP contribution >= 0.6 is 11.8 Å². The highest BCUT2D eigenvalue weighted by atomic mass is 32.2. The monoisotopic (exact) mass is 366 g/mol. The Bertz CT molecular complexity index is 855. The molecule has 0 bridgehead atoms. The van der Waals surface area contributed by atoms with Gasteiger partial charge in [0, 0.05) is 5.57 Å². The Kier molecular flexibility index (Phi) is 4.78. The van der Waals surface area contributed by atoms with Crippen molar-refractivity contribution >= 4 is 16.9 Å². The lowest BCUT2D eigenvalue weighted by molar-refractivity contribution is -0.107. The molecule has 0 saturated heterocycles. The van der Waals surface area contributed by atoms with Gasteiger partial charge in [0.25, 0.3) is 0 Å². The molecule has 0 radical (unpaired) electrons. The number of thioether (sulfide) groups is 1. The number of rotatable bonds is 3. The Morgan fingerprint density at radius 3 is 1.88 bits per heavy atom. The molecule has 0 amide bonds. The lowest BCUT2D eigenvalue weighted by atomic mass is 9.86. The minimum atomic E-state index is -0.558. The van der Waals surface area contributed by atoms with Crippen LogP contribution in [0, 0.1) is 0 Å². The van der Waals surface area contributed by atoms with Crippen LogP contribution in [0.1, 0.15) is 45.7 Å². The second-order valence-electron chi connectivity index (χ2n) is 8.30. The van der Waals surface area contributed by atoms with Gasteiger partial charge >= 0.3 is 0 Å². The maximum absolute atomic E-state index is 11.9. The first-order valence-electron chi connectivity index (χ1n) is 8.94. The fraction of sp³-hybridized carbons (Fsp3) is 0.348. The molecule has 3 heteroatoms. The number of aliphatic hydroxyl groups is 1. The Balaban J connectivity index is 1.78. The van der Waals surface area contributed by atoms with Gasteiger partial charge in [-0.2, -0.15) is 0 Å². The highest BCUT2D eigenvalue weighted by Crippen LogP contribution is 2.44. The van der Waals surface area contributed by atoms with Gasteiger partial charge in [-0.1, -0.05) is 81.1 Å². The maximum Gasteiger partial charge on any atom is 0.219 e. The van der Waals surface area contributed by atoms with E-state index in [1.165, 1.54) is 28.5 Å². The van der Waals surface area contributed by atoms with Gasteiger partial charge in [0.2, 0.25) is 5.12 Å². The van der Waals surface area contributed by atoms with Gasteiger partial charge in [0.05, 0.1) is 4.75 Å². The van der Waals surface area contributed by atoms with Crippen molar-refractivity contribution in [2.24, 2.45) is 0 Å². The van der Waals surface area contributed by atoms with Crippen LogP contribution in [0.3, 0.4) is 0 Å². The molecule has 2 aromatic carbocycles. The number of carbonyl (C=O) groups excluding carboxylic acids is 1. The molecule has 0 saturated carbocycles. The summed E-state index contributed by atoms with van der Waals surface area (Å²) in [6.07, 6.45) is 0.635. The van der Waals surface area contributed by atoms with Gasteiger partial charge in [0.15, 0.2) is 0 Å². The third-order valence-corrected chi connectivity index (χ3v) is 6.34. The number of hydrogen-bond acceptors (Lipinski definition) is 3. The van der Waals surface area contributed by atoms with Crippen LogP contribution in [0.4, 0.5) is 0 Å². The van der Waals surface area contributed by atoms with Crippen molar-refractivity contribution in [3.05, 3.63) is 71.0 Å². The summed E-state index contributed by atoms with van der Waals surface area (Å²) >= 11 is 1.22. The molecule has 0 aliphatic carbocycles. The van der Waals surface area contributed by atoms with Crippen LogP contribution in [0.15, 0.2) is 59.9 Å². The van der Waals surface area contributed by atoms with Crippen molar-refractivity contribution in [3.63, 3.8) is 0 Å². The molecule has 0 spiro atoms. The van der Waals surface area contributed by atoms with Crippen LogP contribution < -0.4 is 0 Å². The lowest BCUT2D eigenvalue weighted by Crippen LogP contribution is -2.23. The number of benzene rings is 2. The van der Waals surface area contributed by atoms with Crippen molar-refractivity contribution in [3.8, 4) is 11.1 Å². The Hall–Kier alpha value is -2.00. The summed E-state index contributed by atoms with van der Waals surface area (Å²) in [5, 5.41) is 10.3. The average Bonchev–Trinajstić information content (AvgIpc) is 2.78. The Labute approximate surface area is 160 Å². The molecule has 136 valence electrons. The predicted octanol–water partition coefficient (Wildman–Crippen LogP) is 6.06. The van der Waals surface area contributed by atoms with E-state index in [0.717, 1.165) is 5.56 Å². The topological polar surface area (TPSA) is 37.3 Å². The first-order valence-corrected chi connectivity index (χ1v) is 9.75. The Morgan fingerprint density at radius 1 is 0.962 bits per heavy atom. The molecule has 1 aliphatic rings. The highest BCUT2D eigenvalue weighted by Gasteiger charge is 2.41. The zero-order valence-electron chi connectivity index (χ0n) is 16.1. The molecule has 1 aliphatic heterocycles. The molecule has 3 rings (SSSR count). The van der Waals surface area contributed by atoms with E-state index in [-0.39, 0.29) is 16.3 Å². The van der Waals surface area contributed by atoms with Crippen molar-refractivity contribution in [1.29, 1.82) is 0 Å². The van der Waals surface area contributed by atoms with Gasteiger partial charge in [-0.3, -0.25) is 4.79 Å². The smallest absolute Gasteiger partial charge is 0.219 e. The summed E-state index contributed by atoms with van der Waals surface area (Å²) in [7, 11) is 0. The minimum Gasteiger partial charge on any atom is -0.510 e. The van der Waals surface area contributed by atoms with E-state index in [0.29, 0.717) is 12.0 Å². The van der Waals surface area contributed by atoms with E-state index in [4.69, 9.17) is 0 Å². The number of carbonyl (C=O) groups is 1. The summed E-state index contributed by atoms with van der Waals surface area (Å²) in [5.41, 5.74) is 5.44. The molecule has 1 heterocycles. The van der Waals surface area contributed by atoms with Crippen LogP contribution in [0.2, 0.25) is 0 Å². The normalized spacial score (nSPS) is 20.7. The second-order valence-corrected chi connectivity index (χ2v) is 9.77. The zero-order chi connectivity index (χ0) is 19.1. The first kappa shape index (κ1) is 18.8. The zero-order valence-corrected chi connectivity index (χ0v) is 16.9. The molecule has 1 N–H and O–H groups in total. The van der Waals surface area contributed by atoms with Crippen molar-refractivity contribution < 1.29 is 9.90 Å². The van der Waals surface area contributed by atoms with Crippen molar-refractivity contribution in [2.75, 3.05) is 0 Å². The minimum absolute atomic E-state index is 0.0273. The molecular weight excluding hydrogens is 340 g/mol. The molecule has 0 fully saturated rings. The Morgan fingerprint density at radius 2 is 1.46 bits per heavy atom. The summed E-state index contributed by atoms with van der Waals surface area (Å²) in [6, 6.07) is 17.1. The predicted molar refractivity (Wildman–Crippen MR) is 111 cm³/mol. The highest BCUT2D eigenvalue weighted by molar-refractivity contribution is 8.15. The number of hydrogen-bond donors (Lipinski definition) is 1. The van der Waals surface area contributed by atoms with E-state index in [2.05, 4.69) is 69.3 Å². The summed E-state index contributed by atoms with van der Waals surface area (Å²) in [6.45, 7) is 10.3. The lowest BCUT2D eigenvalue weighted by Gasteiger charge is -2.22. The largest absolute Gasteiger partial charge is 0.510 e. The standard InChI is InChI=1S/C23H26O2S/c1-15-20(24)23(5,26-21(15)25)14-16-6-8-17(9-7-16)18-10-12-19(13-11-18)22(2,3)4/h6-13,24H,14H2,1-5H3. The summed E-state index contributed by atoms with van der Waals surface area (Å²) in [5.74, 6) is 0.217. The van der Waals surface area contributed by atoms with Crippen LogP contribution in [0.5, 0.6) is 0 Å². The van der Waals surface area contributed by atoms with Gasteiger partial charge < -0.3 is 5.11 Å². The number of aliphatic hydroxyl groups excluding tert-OH is 1. The fourth-order valence-corrected chi connectivity index (χ4v) is 4.46. The maximum atomic E-state index is 11.9. The molecule has 26 heavy (non-hydrogen) atoms. The third kappa shape index (κ3) is 3.59. The summed E-state index contributed by atoms with van der Waals surface area (Å²) < 4.78 is -0.558.